The molecule has 6 nitrogen and oxygen atoms in total. The van der Waals surface area contributed by atoms with Gasteiger partial charge in [-0.15, -0.1) is 0 Å². The number of aliphatic hydroxyl groups excluding tert-OH is 1. The molecule has 0 saturated carbocycles. The number of aromatic nitrogens is 1. The maximum atomic E-state index is 13.4. The summed E-state index contributed by atoms with van der Waals surface area (Å²) >= 11 is 0. The van der Waals surface area contributed by atoms with Gasteiger partial charge >= 0.3 is 0 Å². The second-order valence-corrected chi connectivity index (χ2v) is 5.02. The van der Waals surface area contributed by atoms with Crippen LogP contribution in [-0.4, -0.2) is 59.3 Å². The molecule has 0 aliphatic carbocycles. The Morgan fingerprint density at radius 3 is 3.10 bits per heavy atom. The van der Waals surface area contributed by atoms with Gasteiger partial charge in [0.25, 0.3) is 5.91 Å². The molecule has 7 heteroatoms. The van der Waals surface area contributed by atoms with Gasteiger partial charge in [-0.1, -0.05) is 0 Å². The summed E-state index contributed by atoms with van der Waals surface area (Å²) in [4.78, 5) is 18.2. The van der Waals surface area contributed by atoms with Crippen LogP contribution >= 0.6 is 0 Å². The van der Waals surface area contributed by atoms with Crippen molar-refractivity contribution in [1.29, 1.82) is 0 Å². The number of morpholine rings is 1. The molecular formula is C14H20FN3O3. The van der Waals surface area contributed by atoms with Crippen LogP contribution in [0.4, 0.5) is 10.2 Å². The zero-order valence-corrected chi connectivity index (χ0v) is 12.2. The van der Waals surface area contributed by atoms with Crippen molar-refractivity contribution in [2.24, 2.45) is 0 Å². The fourth-order valence-corrected chi connectivity index (χ4v) is 2.28. The van der Waals surface area contributed by atoms with Gasteiger partial charge in [-0.25, -0.2) is 9.37 Å². The number of pyridine rings is 1. The number of carbonyl (C=O) groups is 1. The highest BCUT2D eigenvalue weighted by Crippen LogP contribution is 2.20. The number of rotatable bonds is 4. The third kappa shape index (κ3) is 3.48. The number of hydrogen-bond acceptors (Lipinski definition) is 5. The summed E-state index contributed by atoms with van der Waals surface area (Å²) < 4.78 is 18.8. The third-order valence-corrected chi connectivity index (χ3v) is 3.40. The van der Waals surface area contributed by atoms with Crippen LogP contribution in [0.3, 0.4) is 0 Å². The molecule has 0 spiro atoms. The molecule has 1 fully saturated rings. The van der Waals surface area contributed by atoms with E-state index < -0.39 is 11.9 Å². The van der Waals surface area contributed by atoms with E-state index in [1.807, 2.05) is 13.8 Å². The molecule has 2 rings (SSSR count). The number of ether oxygens (including phenoxy) is 1. The summed E-state index contributed by atoms with van der Waals surface area (Å²) in [5, 5.41) is 12.1. The number of nitrogens with zero attached hydrogens (tertiary/aromatic N) is 2. The molecule has 116 valence electrons. The molecule has 1 saturated heterocycles. The van der Waals surface area contributed by atoms with E-state index >= 15 is 0 Å². The minimum atomic E-state index is -0.556. The van der Waals surface area contributed by atoms with E-state index in [9.17, 15) is 14.3 Å². The van der Waals surface area contributed by atoms with Gasteiger partial charge in [-0.05, 0) is 19.9 Å². The largest absolute Gasteiger partial charge is 0.394 e. The lowest BCUT2D eigenvalue weighted by Gasteiger charge is -2.37. The Morgan fingerprint density at radius 1 is 1.67 bits per heavy atom. The highest BCUT2D eigenvalue weighted by molar-refractivity contribution is 5.99. The summed E-state index contributed by atoms with van der Waals surface area (Å²) in [7, 11) is 0. The average Bonchev–Trinajstić information content (AvgIpc) is 2.49. The summed E-state index contributed by atoms with van der Waals surface area (Å²) in [6.45, 7) is 4.77. The molecular weight excluding hydrogens is 277 g/mol. The maximum absolute atomic E-state index is 13.4. The monoisotopic (exact) mass is 297 g/mol. The fraction of sp³-hybridized carbons (Fsp3) is 0.571. The van der Waals surface area contributed by atoms with Crippen LogP contribution in [-0.2, 0) is 4.74 Å². The number of aliphatic hydroxyl groups is 1. The van der Waals surface area contributed by atoms with Crippen molar-refractivity contribution >= 4 is 11.7 Å². The smallest absolute Gasteiger partial charge is 0.258 e. The third-order valence-electron chi connectivity index (χ3n) is 3.40. The SMILES string of the molecule is CCNc1ncc(F)cc1C(=O)N1CC(CO)OCC1C. The van der Waals surface area contributed by atoms with Crippen LogP contribution in [0.25, 0.3) is 0 Å². The van der Waals surface area contributed by atoms with E-state index in [0.29, 0.717) is 19.0 Å². The van der Waals surface area contributed by atoms with Gasteiger partial charge in [-0.3, -0.25) is 4.79 Å². The highest BCUT2D eigenvalue weighted by Gasteiger charge is 2.31. The average molecular weight is 297 g/mol. The van der Waals surface area contributed by atoms with Crippen LogP contribution < -0.4 is 5.32 Å². The Hall–Kier alpha value is -1.73. The Labute approximate surface area is 122 Å². The molecule has 0 aromatic carbocycles. The molecule has 2 atom stereocenters. The van der Waals surface area contributed by atoms with Crippen LogP contribution in [0.1, 0.15) is 24.2 Å². The molecule has 1 aliphatic heterocycles. The van der Waals surface area contributed by atoms with E-state index in [1.54, 1.807) is 4.90 Å². The Morgan fingerprint density at radius 2 is 2.43 bits per heavy atom. The number of hydrogen-bond donors (Lipinski definition) is 2. The molecule has 2 heterocycles. The first kappa shape index (κ1) is 15.7. The first-order chi connectivity index (χ1) is 10.1. The van der Waals surface area contributed by atoms with Gasteiger partial charge < -0.3 is 20.1 Å². The molecule has 0 radical (unpaired) electrons. The number of halogens is 1. The van der Waals surface area contributed by atoms with Gasteiger partial charge in [0, 0.05) is 13.1 Å². The Kier molecular flexibility index (Phi) is 5.08. The van der Waals surface area contributed by atoms with Crippen molar-refractivity contribution < 1.29 is 19.0 Å². The van der Waals surface area contributed by atoms with Gasteiger partial charge in [0.05, 0.1) is 37.1 Å². The van der Waals surface area contributed by atoms with Crippen molar-refractivity contribution in [1.82, 2.24) is 9.88 Å². The number of anilines is 1. The topological polar surface area (TPSA) is 74.7 Å². The standard InChI is InChI=1S/C14H20FN3O3/c1-3-16-13-12(4-10(15)5-17-13)14(20)18-6-11(7-19)21-8-9(18)2/h4-5,9,11,19H,3,6-8H2,1-2H3,(H,16,17). The lowest BCUT2D eigenvalue weighted by Crippen LogP contribution is -2.52. The Balaban J connectivity index is 2.27. The zero-order valence-electron chi connectivity index (χ0n) is 12.2. The second kappa shape index (κ2) is 6.82. The first-order valence-electron chi connectivity index (χ1n) is 6.99. The molecule has 0 bridgehead atoms. The van der Waals surface area contributed by atoms with E-state index in [1.165, 1.54) is 6.07 Å². The minimum Gasteiger partial charge on any atom is -0.394 e. The van der Waals surface area contributed by atoms with Crippen LogP contribution in [0.5, 0.6) is 0 Å². The van der Waals surface area contributed by atoms with Crippen molar-refractivity contribution in [3.63, 3.8) is 0 Å². The quantitative estimate of drug-likeness (QED) is 0.863. The normalized spacial score (nSPS) is 22.2. The van der Waals surface area contributed by atoms with Gasteiger partial charge in [0.1, 0.15) is 11.6 Å². The van der Waals surface area contributed by atoms with Crippen molar-refractivity contribution in [3.8, 4) is 0 Å². The van der Waals surface area contributed by atoms with Crippen molar-refractivity contribution in [2.45, 2.75) is 26.0 Å². The highest BCUT2D eigenvalue weighted by atomic mass is 19.1. The van der Waals surface area contributed by atoms with E-state index in [2.05, 4.69) is 10.3 Å². The summed E-state index contributed by atoms with van der Waals surface area (Å²) in [5.74, 6) is -0.505. The number of nitrogens with one attached hydrogen (secondary N) is 1. The van der Waals surface area contributed by atoms with Crippen LogP contribution in [0, 0.1) is 5.82 Å². The molecule has 1 aliphatic rings. The summed E-state index contributed by atoms with van der Waals surface area (Å²) in [5.41, 5.74) is 0.197. The molecule has 2 N–H and O–H groups in total. The van der Waals surface area contributed by atoms with Gasteiger partial charge in [0.15, 0.2) is 0 Å². The maximum Gasteiger partial charge on any atom is 0.258 e. The number of amides is 1. The zero-order chi connectivity index (χ0) is 15.4. The summed E-state index contributed by atoms with van der Waals surface area (Å²) in [6.07, 6.45) is 0.669. The second-order valence-electron chi connectivity index (χ2n) is 5.02. The van der Waals surface area contributed by atoms with E-state index in [-0.39, 0.29) is 30.7 Å². The summed E-state index contributed by atoms with van der Waals surface area (Å²) in [6, 6.07) is 1.04. The fourth-order valence-electron chi connectivity index (χ4n) is 2.28. The molecule has 1 amide bonds. The number of carbonyl (C=O) groups excluding carboxylic acids is 1. The van der Waals surface area contributed by atoms with E-state index in [4.69, 9.17) is 4.74 Å². The lowest BCUT2D eigenvalue weighted by molar-refractivity contribution is -0.0667. The van der Waals surface area contributed by atoms with Crippen molar-refractivity contribution in [2.75, 3.05) is 31.6 Å². The molecule has 2 unspecified atom stereocenters. The van der Waals surface area contributed by atoms with Crippen LogP contribution in [0.2, 0.25) is 0 Å². The molecule has 1 aromatic heterocycles. The molecule has 21 heavy (non-hydrogen) atoms. The Bertz CT molecular complexity index is 512. The predicted molar refractivity (Wildman–Crippen MR) is 75.7 cm³/mol. The predicted octanol–water partition coefficient (Wildman–Crippen LogP) is 0.874. The van der Waals surface area contributed by atoms with Gasteiger partial charge in [0.2, 0.25) is 0 Å². The lowest BCUT2D eigenvalue weighted by atomic mass is 10.1. The van der Waals surface area contributed by atoms with Crippen LogP contribution in [0.15, 0.2) is 12.3 Å². The van der Waals surface area contributed by atoms with Gasteiger partial charge in [-0.2, -0.15) is 0 Å². The first-order valence-corrected chi connectivity index (χ1v) is 6.99. The van der Waals surface area contributed by atoms with Crippen molar-refractivity contribution in [3.05, 3.63) is 23.6 Å². The van der Waals surface area contributed by atoms with E-state index in [0.717, 1.165) is 6.20 Å². The molecule has 1 aromatic rings. The minimum absolute atomic E-state index is 0.141.